The number of H-pyrrole nitrogens is 1. The fourth-order valence-electron chi connectivity index (χ4n) is 3.06. The molecular weight excluding hydrogens is 366 g/mol. The molecule has 0 spiro atoms. The van der Waals surface area contributed by atoms with Gasteiger partial charge < -0.3 is 11.1 Å². The Kier molecular flexibility index (Phi) is 4.89. The second-order valence-electron chi connectivity index (χ2n) is 7.33. The summed E-state index contributed by atoms with van der Waals surface area (Å²) in [5, 5.41) is 11.0. The minimum Gasteiger partial charge on any atom is -0.364 e. The van der Waals surface area contributed by atoms with Crippen LogP contribution in [0.25, 0.3) is 10.9 Å². The van der Waals surface area contributed by atoms with Crippen molar-refractivity contribution < 1.29 is 9.59 Å². The number of nitrogens with one attached hydrogen (secondary N) is 2. The lowest BCUT2D eigenvalue weighted by atomic mass is 9.84. The molecule has 2 heterocycles. The summed E-state index contributed by atoms with van der Waals surface area (Å²) in [7, 11) is 0. The molecule has 4 N–H and O–H groups in total. The van der Waals surface area contributed by atoms with Gasteiger partial charge in [0.15, 0.2) is 0 Å². The summed E-state index contributed by atoms with van der Waals surface area (Å²) in [4.78, 5) is 28.5. The number of carbonyl (C=O) groups excluding carboxylic acids is 2. The maximum Gasteiger partial charge on any atom is 0.267 e. The summed E-state index contributed by atoms with van der Waals surface area (Å²) in [6, 6.07) is 5.24. The van der Waals surface area contributed by atoms with Crippen LogP contribution in [0.1, 0.15) is 42.4 Å². The lowest BCUT2D eigenvalue weighted by Crippen LogP contribution is -2.26. The molecule has 2 aromatic heterocycles. The molecule has 0 aliphatic carbocycles. The molecule has 7 nitrogen and oxygen atoms in total. The highest BCUT2D eigenvalue weighted by Crippen LogP contribution is 2.32. The standard InChI is InChI=1S/C19H20ClN5O2/c1-19(2,3)16-13(4-5-22-17(16)18(21)27)24-15(26)8-10-6-12(20)11-9-23-25-14(11)7-10/h4-7,9H,8H2,1-3H3,(H2,21,27)(H,23,25)(H,22,24,26). The molecule has 0 fully saturated rings. The van der Waals surface area contributed by atoms with Gasteiger partial charge in [-0.3, -0.25) is 19.7 Å². The van der Waals surface area contributed by atoms with Crippen molar-refractivity contribution >= 4 is 40.0 Å². The van der Waals surface area contributed by atoms with Crippen LogP contribution in [0.3, 0.4) is 0 Å². The normalized spacial score (nSPS) is 11.6. The predicted molar refractivity (Wildman–Crippen MR) is 105 cm³/mol. The molecule has 8 heteroatoms. The number of hydrogen-bond donors (Lipinski definition) is 3. The van der Waals surface area contributed by atoms with Gasteiger partial charge in [0.2, 0.25) is 5.91 Å². The van der Waals surface area contributed by atoms with E-state index in [0.29, 0.717) is 16.3 Å². The van der Waals surface area contributed by atoms with Crippen molar-refractivity contribution in [3.05, 3.63) is 52.4 Å². The average molecular weight is 386 g/mol. The Morgan fingerprint density at radius 2 is 2.04 bits per heavy atom. The minimum absolute atomic E-state index is 0.118. The van der Waals surface area contributed by atoms with Crippen molar-refractivity contribution in [2.75, 3.05) is 5.32 Å². The summed E-state index contributed by atoms with van der Waals surface area (Å²) in [5.74, 6) is -0.871. The molecule has 0 radical (unpaired) electrons. The lowest BCUT2D eigenvalue weighted by Gasteiger charge is -2.24. The number of nitrogens with zero attached hydrogens (tertiary/aromatic N) is 2. The van der Waals surface area contributed by atoms with Crippen molar-refractivity contribution in [2.45, 2.75) is 32.6 Å². The molecule has 140 valence electrons. The van der Waals surface area contributed by atoms with Crippen molar-refractivity contribution in [1.29, 1.82) is 0 Å². The third-order valence-electron chi connectivity index (χ3n) is 4.14. The Hall–Kier alpha value is -2.93. The monoisotopic (exact) mass is 385 g/mol. The molecule has 2 amide bonds. The summed E-state index contributed by atoms with van der Waals surface area (Å²) < 4.78 is 0. The minimum atomic E-state index is -0.632. The number of primary amides is 1. The van der Waals surface area contributed by atoms with E-state index in [-0.39, 0.29) is 18.0 Å². The number of nitrogens with two attached hydrogens (primary N) is 1. The first-order valence-corrected chi connectivity index (χ1v) is 8.75. The summed E-state index contributed by atoms with van der Waals surface area (Å²) in [6.45, 7) is 5.79. The van der Waals surface area contributed by atoms with E-state index in [4.69, 9.17) is 17.3 Å². The number of rotatable bonds is 4. The smallest absolute Gasteiger partial charge is 0.267 e. The first kappa shape index (κ1) is 18.8. The highest BCUT2D eigenvalue weighted by Gasteiger charge is 2.26. The van der Waals surface area contributed by atoms with Gasteiger partial charge in [0.05, 0.1) is 23.2 Å². The molecular formula is C19H20ClN5O2. The van der Waals surface area contributed by atoms with Crippen LogP contribution in [0.2, 0.25) is 5.02 Å². The lowest BCUT2D eigenvalue weighted by molar-refractivity contribution is -0.115. The number of aromatic nitrogens is 3. The SMILES string of the molecule is CC(C)(C)c1c(NC(=O)Cc2cc(Cl)c3cn[nH]c3c2)ccnc1C(N)=O. The van der Waals surface area contributed by atoms with Crippen LogP contribution < -0.4 is 11.1 Å². The van der Waals surface area contributed by atoms with Crippen LogP contribution in [-0.2, 0) is 16.6 Å². The molecule has 0 bridgehead atoms. The maximum atomic E-state index is 12.6. The van der Waals surface area contributed by atoms with Gasteiger partial charge in [0, 0.05) is 22.8 Å². The number of hydrogen-bond acceptors (Lipinski definition) is 4. The van der Waals surface area contributed by atoms with E-state index < -0.39 is 11.3 Å². The van der Waals surface area contributed by atoms with Crippen LogP contribution in [0.5, 0.6) is 0 Å². The van der Waals surface area contributed by atoms with Crippen molar-refractivity contribution in [3.8, 4) is 0 Å². The second-order valence-corrected chi connectivity index (χ2v) is 7.74. The van der Waals surface area contributed by atoms with E-state index in [2.05, 4.69) is 20.5 Å². The number of amides is 2. The highest BCUT2D eigenvalue weighted by molar-refractivity contribution is 6.35. The van der Waals surface area contributed by atoms with Gasteiger partial charge in [-0.15, -0.1) is 0 Å². The fourth-order valence-corrected chi connectivity index (χ4v) is 3.35. The van der Waals surface area contributed by atoms with Crippen molar-refractivity contribution in [2.24, 2.45) is 5.73 Å². The van der Waals surface area contributed by atoms with E-state index in [1.54, 1.807) is 18.3 Å². The van der Waals surface area contributed by atoms with E-state index in [1.807, 2.05) is 26.8 Å². The quantitative estimate of drug-likeness (QED) is 0.639. The zero-order chi connectivity index (χ0) is 19.8. The molecule has 0 saturated carbocycles. The molecule has 1 aromatic carbocycles. The van der Waals surface area contributed by atoms with E-state index in [1.165, 1.54) is 6.20 Å². The molecule has 0 aliphatic heterocycles. The molecule has 3 rings (SSSR count). The summed E-state index contributed by atoms with van der Waals surface area (Å²) in [5.41, 5.74) is 7.81. The number of fused-ring (bicyclic) bond motifs is 1. The van der Waals surface area contributed by atoms with E-state index in [9.17, 15) is 9.59 Å². The molecule has 0 saturated heterocycles. The van der Waals surface area contributed by atoms with Gasteiger partial charge in [-0.25, -0.2) is 0 Å². The van der Waals surface area contributed by atoms with Crippen molar-refractivity contribution in [3.63, 3.8) is 0 Å². The van der Waals surface area contributed by atoms with E-state index >= 15 is 0 Å². The van der Waals surface area contributed by atoms with Gasteiger partial charge in [0.25, 0.3) is 5.91 Å². The first-order chi connectivity index (χ1) is 12.7. The van der Waals surface area contributed by atoms with Crippen LogP contribution in [0, 0.1) is 0 Å². The Bertz CT molecular complexity index is 1040. The number of anilines is 1. The number of benzene rings is 1. The average Bonchev–Trinajstić information content (AvgIpc) is 3.02. The van der Waals surface area contributed by atoms with Crippen LogP contribution in [-0.4, -0.2) is 27.0 Å². The van der Waals surface area contributed by atoms with Gasteiger partial charge in [-0.1, -0.05) is 32.4 Å². The van der Waals surface area contributed by atoms with Crippen LogP contribution in [0.15, 0.2) is 30.6 Å². The largest absolute Gasteiger partial charge is 0.364 e. The predicted octanol–water partition coefficient (Wildman–Crippen LogP) is 3.19. The Morgan fingerprint density at radius 3 is 2.70 bits per heavy atom. The molecule has 27 heavy (non-hydrogen) atoms. The third-order valence-corrected chi connectivity index (χ3v) is 4.45. The zero-order valence-corrected chi connectivity index (χ0v) is 16.0. The summed E-state index contributed by atoms with van der Waals surface area (Å²) in [6.07, 6.45) is 3.21. The Labute approximate surface area is 161 Å². The van der Waals surface area contributed by atoms with Crippen molar-refractivity contribution in [1.82, 2.24) is 15.2 Å². The first-order valence-electron chi connectivity index (χ1n) is 8.37. The second kappa shape index (κ2) is 7.00. The molecule has 0 atom stereocenters. The van der Waals surface area contributed by atoms with Gasteiger partial charge in [0.1, 0.15) is 5.69 Å². The number of halogens is 1. The number of pyridine rings is 1. The summed E-state index contributed by atoms with van der Waals surface area (Å²) >= 11 is 6.24. The molecule has 3 aromatic rings. The maximum absolute atomic E-state index is 12.6. The van der Waals surface area contributed by atoms with E-state index in [0.717, 1.165) is 16.5 Å². The number of carbonyl (C=O) groups is 2. The zero-order valence-electron chi connectivity index (χ0n) is 15.3. The number of aromatic amines is 1. The molecule has 0 unspecified atom stereocenters. The third kappa shape index (κ3) is 3.93. The Morgan fingerprint density at radius 1 is 1.30 bits per heavy atom. The fraction of sp³-hybridized carbons (Fsp3) is 0.263. The van der Waals surface area contributed by atoms with Gasteiger partial charge >= 0.3 is 0 Å². The Balaban J connectivity index is 1.89. The van der Waals surface area contributed by atoms with Gasteiger partial charge in [-0.2, -0.15) is 5.10 Å². The van der Waals surface area contributed by atoms with Gasteiger partial charge in [-0.05, 0) is 29.2 Å². The van der Waals surface area contributed by atoms with Crippen LogP contribution >= 0.6 is 11.6 Å². The van der Waals surface area contributed by atoms with Crippen LogP contribution in [0.4, 0.5) is 5.69 Å². The topological polar surface area (TPSA) is 114 Å². The highest BCUT2D eigenvalue weighted by atomic mass is 35.5. The molecule has 0 aliphatic rings.